The Labute approximate surface area is 187 Å². The first-order chi connectivity index (χ1) is 15.3. The van der Waals surface area contributed by atoms with Crippen molar-refractivity contribution in [2.75, 3.05) is 25.1 Å². The second kappa shape index (κ2) is 10.6. The molecule has 0 radical (unpaired) electrons. The molecule has 1 aromatic heterocycles. The summed E-state index contributed by atoms with van der Waals surface area (Å²) in [7, 11) is 0. The number of nitrogens with zero attached hydrogens (tertiary/aromatic N) is 2. The Morgan fingerprint density at radius 3 is 2.56 bits per heavy atom. The molecule has 0 aliphatic carbocycles. The van der Waals surface area contributed by atoms with Crippen LogP contribution in [0.3, 0.4) is 0 Å². The summed E-state index contributed by atoms with van der Waals surface area (Å²) in [4.78, 5) is 20.2. The van der Waals surface area contributed by atoms with Gasteiger partial charge in [-0.05, 0) is 57.2 Å². The zero-order valence-corrected chi connectivity index (χ0v) is 18.4. The van der Waals surface area contributed by atoms with E-state index in [1.807, 2.05) is 51.1 Å². The number of nitrogens with one attached hydrogen (secondary N) is 1. The van der Waals surface area contributed by atoms with Crippen molar-refractivity contribution in [3.05, 3.63) is 60.9 Å². The molecule has 0 spiro atoms. The van der Waals surface area contributed by atoms with E-state index in [1.54, 1.807) is 24.3 Å². The lowest BCUT2D eigenvalue weighted by Gasteiger charge is -2.19. The first-order valence-corrected chi connectivity index (χ1v) is 10.2. The van der Waals surface area contributed by atoms with Gasteiger partial charge in [0.2, 0.25) is 0 Å². The highest BCUT2D eigenvalue weighted by Gasteiger charge is 2.16. The zero-order valence-electron chi connectivity index (χ0n) is 18.4. The van der Waals surface area contributed by atoms with Gasteiger partial charge in [-0.3, -0.25) is 0 Å². The average Bonchev–Trinajstić information content (AvgIpc) is 2.74. The minimum absolute atomic E-state index is 0.113. The minimum atomic E-state index is -0.530. The molecule has 2 aromatic carbocycles. The van der Waals surface area contributed by atoms with Crippen molar-refractivity contribution in [3.63, 3.8) is 0 Å². The molecule has 2 N–H and O–H groups in total. The van der Waals surface area contributed by atoms with Gasteiger partial charge in [0, 0.05) is 17.3 Å². The van der Waals surface area contributed by atoms with E-state index in [0.29, 0.717) is 18.2 Å². The number of phenolic OH excluding ortho intramolecular Hbond substituents is 1. The SMILES string of the molecule is CC(C)(C)OC(=O)COCCOc1cccc(-c2cc(Nc3ccc(O)cc3)ncn2)c1. The van der Waals surface area contributed by atoms with E-state index in [4.69, 9.17) is 14.2 Å². The van der Waals surface area contributed by atoms with Gasteiger partial charge in [0.15, 0.2) is 0 Å². The number of phenols is 1. The molecule has 0 saturated carbocycles. The normalized spacial score (nSPS) is 11.1. The third-order valence-corrected chi connectivity index (χ3v) is 4.07. The molecule has 0 unspecified atom stereocenters. The zero-order chi connectivity index (χ0) is 23.0. The number of hydrogen-bond donors (Lipinski definition) is 2. The maximum absolute atomic E-state index is 11.6. The number of aromatic hydroxyl groups is 1. The first kappa shape index (κ1) is 23.0. The predicted octanol–water partition coefficient (Wildman–Crippen LogP) is 4.33. The van der Waals surface area contributed by atoms with Crippen LogP contribution in [0.15, 0.2) is 60.9 Å². The summed E-state index contributed by atoms with van der Waals surface area (Å²) < 4.78 is 16.2. The second-order valence-electron chi connectivity index (χ2n) is 7.98. The monoisotopic (exact) mass is 437 g/mol. The molecule has 1 heterocycles. The van der Waals surface area contributed by atoms with Crippen LogP contribution in [0.4, 0.5) is 11.5 Å². The Bertz CT molecular complexity index is 1030. The molecular formula is C24H27N3O5. The van der Waals surface area contributed by atoms with E-state index in [0.717, 1.165) is 16.9 Å². The third-order valence-electron chi connectivity index (χ3n) is 4.07. The summed E-state index contributed by atoms with van der Waals surface area (Å²) in [5.74, 6) is 1.09. The van der Waals surface area contributed by atoms with Crippen LogP contribution >= 0.6 is 0 Å². The molecule has 0 atom stereocenters. The van der Waals surface area contributed by atoms with Gasteiger partial charge in [-0.15, -0.1) is 0 Å². The van der Waals surface area contributed by atoms with Gasteiger partial charge in [0.05, 0.1) is 12.3 Å². The average molecular weight is 437 g/mol. The van der Waals surface area contributed by atoms with E-state index >= 15 is 0 Å². The Balaban J connectivity index is 1.53. The quantitative estimate of drug-likeness (QED) is 0.290. The summed E-state index contributed by atoms with van der Waals surface area (Å²) >= 11 is 0. The van der Waals surface area contributed by atoms with Crippen LogP contribution in [-0.4, -0.2) is 46.5 Å². The topological polar surface area (TPSA) is 103 Å². The van der Waals surface area contributed by atoms with E-state index in [1.165, 1.54) is 6.33 Å². The summed E-state index contributed by atoms with van der Waals surface area (Å²) in [6.07, 6.45) is 1.48. The predicted molar refractivity (Wildman–Crippen MR) is 121 cm³/mol. The molecule has 8 nitrogen and oxygen atoms in total. The molecule has 0 aliphatic rings. The van der Waals surface area contributed by atoms with Crippen LogP contribution in [-0.2, 0) is 14.3 Å². The van der Waals surface area contributed by atoms with Crippen LogP contribution in [0.25, 0.3) is 11.3 Å². The standard InChI is InChI=1S/C24H27N3O5/c1-24(2,3)32-23(29)15-30-11-12-31-20-6-4-5-17(13-20)21-14-22(26-16-25-21)27-18-7-9-19(28)10-8-18/h4-10,13-14,16,28H,11-12,15H2,1-3H3,(H,25,26,27). The summed E-state index contributed by atoms with van der Waals surface area (Å²) in [5.41, 5.74) is 1.87. The maximum Gasteiger partial charge on any atom is 0.332 e. The van der Waals surface area contributed by atoms with Crippen molar-refractivity contribution >= 4 is 17.5 Å². The minimum Gasteiger partial charge on any atom is -0.508 e. The van der Waals surface area contributed by atoms with Gasteiger partial charge in [-0.25, -0.2) is 14.8 Å². The van der Waals surface area contributed by atoms with Crippen molar-refractivity contribution in [2.24, 2.45) is 0 Å². The largest absolute Gasteiger partial charge is 0.508 e. The first-order valence-electron chi connectivity index (χ1n) is 10.2. The molecule has 0 fully saturated rings. The van der Waals surface area contributed by atoms with Crippen molar-refractivity contribution in [1.82, 2.24) is 9.97 Å². The highest BCUT2D eigenvalue weighted by Crippen LogP contribution is 2.25. The molecule has 8 heteroatoms. The fourth-order valence-corrected chi connectivity index (χ4v) is 2.77. The number of hydrogen-bond acceptors (Lipinski definition) is 8. The number of carbonyl (C=O) groups is 1. The van der Waals surface area contributed by atoms with Crippen molar-refractivity contribution in [2.45, 2.75) is 26.4 Å². The van der Waals surface area contributed by atoms with Crippen molar-refractivity contribution in [3.8, 4) is 22.8 Å². The molecular weight excluding hydrogens is 410 g/mol. The smallest absolute Gasteiger partial charge is 0.332 e. The molecule has 3 rings (SSSR count). The number of aromatic nitrogens is 2. The number of rotatable bonds is 9. The number of benzene rings is 2. The number of carbonyl (C=O) groups excluding carboxylic acids is 1. The van der Waals surface area contributed by atoms with E-state index in [2.05, 4.69) is 15.3 Å². The van der Waals surface area contributed by atoms with E-state index < -0.39 is 11.6 Å². The highest BCUT2D eigenvalue weighted by atomic mass is 16.6. The third kappa shape index (κ3) is 7.55. The fourth-order valence-electron chi connectivity index (χ4n) is 2.77. The van der Waals surface area contributed by atoms with Crippen LogP contribution in [0.5, 0.6) is 11.5 Å². The van der Waals surface area contributed by atoms with Gasteiger partial charge < -0.3 is 24.6 Å². The fraction of sp³-hybridized carbons (Fsp3) is 0.292. The van der Waals surface area contributed by atoms with Gasteiger partial charge in [0.1, 0.15) is 42.5 Å². The van der Waals surface area contributed by atoms with Crippen LogP contribution in [0.2, 0.25) is 0 Å². The van der Waals surface area contributed by atoms with Crippen molar-refractivity contribution in [1.29, 1.82) is 0 Å². The van der Waals surface area contributed by atoms with Gasteiger partial charge in [0.25, 0.3) is 0 Å². The summed E-state index contributed by atoms with van der Waals surface area (Å²) in [6, 6.07) is 16.1. The molecule has 0 amide bonds. The maximum atomic E-state index is 11.6. The van der Waals surface area contributed by atoms with Crippen molar-refractivity contribution < 1.29 is 24.1 Å². The van der Waals surface area contributed by atoms with Crippen LogP contribution in [0.1, 0.15) is 20.8 Å². The molecule has 168 valence electrons. The highest BCUT2D eigenvalue weighted by molar-refractivity contribution is 5.71. The lowest BCUT2D eigenvalue weighted by atomic mass is 10.1. The Morgan fingerprint density at radius 2 is 1.81 bits per heavy atom. The number of ether oxygens (including phenoxy) is 3. The molecule has 0 saturated heterocycles. The van der Waals surface area contributed by atoms with E-state index in [-0.39, 0.29) is 19.0 Å². The second-order valence-corrected chi connectivity index (χ2v) is 7.98. The Kier molecular flexibility index (Phi) is 7.62. The number of esters is 1. The number of anilines is 2. The Hall–Kier alpha value is -3.65. The van der Waals surface area contributed by atoms with Gasteiger partial charge in [-0.2, -0.15) is 0 Å². The van der Waals surface area contributed by atoms with Crippen LogP contribution in [0, 0.1) is 0 Å². The summed E-state index contributed by atoms with van der Waals surface area (Å²) in [6.45, 7) is 5.88. The van der Waals surface area contributed by atoms with E-state index in [9.17, 15) is 9.90 Å². The lowest BCUT2D eigenvalue weighted by molar-refractivity contribution is -0.160. The van der Waals surface area contributed by atoms with Crippen LogP contribution < -0.4 is 10.1 Å². The molecule has 0 bridgehead atoms. The Morgan fingerprint density at radius 1 is 1.03 bits per heavy atom. The summed E-state index contributed by atoms with van der Waals surface area (Å²) in [5, 5.41) is 12.6. The molecule has 3 aromatic rings. The molecule has 32 heavy (non-hydrogen) atoms. The molecule has 0 aliphatic heterocycles. The van der Waals surface area contributed by atoms with Gasteiger partial charge >= 0.3 is 5.97 Å². The lowest BCUT2D eigenvalue weighted by Crippen LogP contribution is -2.27. The van der Waals surface area contributed by atoms with Gasteiger partial charge in [-0.1, -0.05) is 12.1 Å².